The molecule has 0 aromatic heterocycles. The van der Waals surface area contributed by atoms with E-state index in [1.807, 2.05) is 14.0 Å². The number of likely N-dealkylation sites (N-methyl/N-ethyl adjacent to an activating group) is 2. The summed E-state index contributed by atoms with van der Waals surface area (Å²) in [7, 11) is 3.98. The lowest BCUT2D eigenvalue weighted by Crippen LogP contribution is -2.53. The van der Waals surface area contributed by atoms with Crippen molar-refractivity contribution in [3.05, 3.63) is 0 Å². The predicted molar refractivity (Wildman–Crippen MR) is 65.6 cm³/mol. The molecule has 2 atom stereocenters. The van der Waals surface area contributed by atoms with Gasteiger partial charge in [0, 0.05) is 19.7 Å². The fraction of sp³-hybridized carbons (Fsp3) is 1.00. The van der Waals surface area contributed by atoms with E-state index in [1.165, 1.54) is 19.3 Å². The second kappa shape index (κ2) is 6.55. The largest absolute Gasteiger partial charge is 0.394 e. The fourth-order valence-electron chi connectivity index (χ4n) is 2.17. The number of aliphatic hydroxyl groups is 1. The van der Waals surface area contributed by atoms with E-state index in [2.05, 4.69) is 17.3 Å². The van der Waals surface area contributed by atoms with Crippen LogP contribution in [0, 0.1) is 0 Å². The summed E-state index contributed by atoms with van der Waals surface area (Å²) >= 11 is 0. The van der Waals surface area contributed by atoms with Gasteiger partial charge < -0.3 is 20.1 Å². The van der Waals surface area contributed by atoms with Gasteiger partial charge in [0.25, 0.3) is 0 Å². The van der Waals surface area contributed by atoms with Crippen LogP contribution in [0.2, 0.25) is 0 Å². The van der Waals surface area contributed by atoms with E-state index in [4.69, 9.17) is 4.74 Å². The Morgan fingerprint density at radius 2 is 2.25 bits per heavy atom. The lowest BCUT2D eigenvalue weighted by atomic mass is 10.0. The van der Waals surface area contributed by atoms with Crippen molar-refractivity contribution in [3.8, 4) is 0 Å². The second-order valence-corrected chi connectivity index (χ2v) is 5.15. The highest BCUT2D eigenvalue weighted by molar-refractivity contribution is 4.84. The van der Waals surface area contributed by atoms with E-state index < -0.39 is 0 Å². The molecule has 4 nitrogen and oxygen atoms in total. The van der Waals surface area contributed by atoms with Crippen molar-refractivity contribution in [2.45, 2.75) is 37.8 Å². The van der Waals surface area contributed by atoms with Crippen molar-refractivity contribution in [2.24, 2.45) is 0 Å². The number of hydrogen-bond acceptors (Lipinski definition) is 4. The van der Waals surface area contributed by atoms with Crippen LogP contribution in [0.3, 0.4) is 0 Å². The summed E-state index contributed by atoms with van der Waals surface area (Å²) in [4.78, 5) is 2.24. The molecule has 1 heterocycles. The summed E-state index contributed by atoms with van der Waals surface area (Å²) in [6.45, 7) is 4.88. The fourth-order valence-corrected chi connectivity index (χ4v) is 2.17. The predicted octanol–water partition coefficient (Wildman–Crippen LogP) is 0.458. The van der Waals surface area contributed by atoms with Gasteiger partial charge in [-0.25, -0.2) is 0 Å². The summed E-state index contributed by atoms with van der Waals surface area (Å²) in [6.07, 6.45) is 4.02. The van der Waals surface area contributed by atoms with E-state index in [0.717, 1.165) is 19.7 Å². The highest BCUT2D eigenvalue weighted by Crippen LogP contribution is 2.14. The van der Waals surface area contributed by atoms with Gasteiger partial charge in [-0.2, -0.15) is 0 Å². The Morgan fingerprint density at radius 3 is 2.75 bits per heavy atom. The average molecular weight is 230 g/mol. The van der Waals surface area contributed by atoms with Gasteiger partial charge in [-0.1, -0.05) is 0 Å². The van der Waals surface area contributed by atoms with Crippen molar-refractivity contribution in [1.29, 1.82) is 0 Å². The van der Waals surface area contributed by atoms with Gasteiger partial charge in [0.15, 0.2) is 0 Å². The molecule has 0 bridgehead atoms. The smallest absolute Gasteiger partial charge is 0.0701 e. The zero-order valence-electron chi connectivity index (χ0n) is 10.8. The minimum atomic E-state index is -0.219. The molecule has 0 spiro atoms. The third kappa shape index (κ3) is 4.37. The van der Waals surface area contributed by atoms with Crippen molar-refractivity contribution in [1.82, 2.24) is 10.2 Å². The summed E-state index contributed by atoms with van der Waals surface area (Å²) in [5.74, 6) is 0. The number of ether oxygens (including phenoxy) is 1. The molecule has 0 saturated carbocycles. The van der Waals surface area contributed by atoms with Crippen LogP contribution in [0.4, 0.5) is 0 Å². The van der Waals surface area contributed by atoms with Gasteiger partial charge in [0.2, 0.25) is 0 Å². The van der Waals surface area contributed by atoms with Crippen LogP contribution in [0.1, 0.15) is 26.2 Å². The standard InChI is InChI=1S/C12H26N2O2/c1-12(10-15,13-2)9-14(3)8-11-6-4-5-7-16-11/h11,13,15H,4-10H2,1-3H3. The summed E-state index contributed by atoms with van der Waals surface area (Å²) in [5.41, 5.74) is -0.219. The Kier molecular flexibility index (Phi) is 5.69. The maximum absolute atomic E-state index is 9.32. The Balaban J connectivity index is 2.30. The Labute approximate surface area is 99.0 Å². The average Bonchev–Trinajstić information content (AvgIpc) is 2.30. The number of nitrogens with one attached hydrogen (secondary N) is 1. The van der Waals surface area contributed by atoms with Crippen molar-refractivity contribution >= 4 is 0 Å². The van der Waals surface area contributed by atoms with E-state index in [0.29, 0.717) is 6.10 Å². The Hall–Kier alpha value is -0.160. The third-order valence-electron chi connectivity index (χ3n) is 3.36. The highest BCUT2D eigenvalue weighted by atomic mass is 16.5. The zero-order valence-corrected chi connectivity index (χ0v) is 10.8. The lowest BCUT2D eigenvalue weighted by molar-refractivity contribution is -0.00670. The molecule has 0 aromatic carbocycles. The molecule has 2 unspecified atom stereocenters. The van der Waals surface area contributed by atoms with Gasteiger partial charge >= 0.3 is 0 Å². The quantitative estimate of drug-likeness (QED) is 0.696. The first-order valence-corrected chi connectivity index (χ1v) is 6.19. The molecular formula is C12H26N2O2. The first kappa shape index (κ1) is 13.9. The monoisotopic (exact) mass is 230 g/mol. The first-order chi connectivity index (χ1) is 7.59. The SMILES string of the molecule is CNC(C)(CO)CN(C)CC1CCCCO1. The Bertz CT molecular complexity index is 189. The van der Waals surface area contributed by atoms with Crippen LogP contribution in [-0.2, 0) is 4.74 Å². The van der Waals surface area contributed by atoms with Crippen molar-refractivity contribution in [2.75, 3.05) is 40.4 Å². The molecule has 16 heavy (non-hydrogen) atoms. The highest BCUT2D eigenvalue weighted by Gasteiger charge is 2.24. The van der Waals surface area contributed by atoms with E-state index in [9.17, 15) is 5.11 Å². The molecule has 0 radical (unpaired) electrons. The van der Waals surface area contributed by atoms with Gasteiger partial charge in [0.1, 0.15) is 0 Å². The molecule has 2 N–H and O–H groups in total. The van der Waals surface area contributed by atoms with Crippen LogP contribution in [-0.4, -0.2) is 62.0 Å². The van der Waals surface area contributed by atoms with Crippen LogP contribution in [0.15, 0.2) is 0 Å². The molecule has 1 fully saturated rings. The van der Waals surface area contributed by atoms with Crippen LogP contribution in [0.25, 0.3) is 0 Å². The summed E-state index contributed by atoms with van der Waals surface area (Å²) in [5, 5.41) is 12.5. The third-order valence-corrected chi connectivity index (χ3v) is 3.36. The molecule has 1 aliphatic heterocycles. The minimum Gasteiger partial charge on any atom is -0.394 e. The molecule has 96 valence electrons. The lowest BCUT2D eigenvalue weighted by Gasteiger charge is -2.34. The topological polar surface area (TPSA) is 44.7 Å². The van der Waals surface area contributed by atoms with Gasteiger partial charge in [-0.15, -0.1) is 0 Å². The van der Waals surface area contributed by atoms with E-state index in [1.54, 1.807) is 0 Å². The maximum Gasteiger partial charge on any atom is 0.0701 e. The van der Waals surface area contributed by atoms with Gasteiger partial charge in [-0.3, -0.25) is 0 Å². The van der Waals surface area contributed by atoms with Crippen LogP contribution in [0.5, 0.6) is 0 Å². The summed E-state index contributed by atoms with van der Waals surface area (Å²) < 4.78 is 5.71. The zero-order chi connectivity index (χ0) is 12.0. The summed E-state index contributed by atoms with van der Waals surface area (Å²) in [6, 6.07) is 0. The first-order valence-electron chi connectivity index (χ1n) is 6.19. The molecule has 1 saturated heterocycles. The number of nitrogens with zero attached hydrogens (tertiary/aromatic N) is 1. The maximum atomic E-state index is 9.32. The number of aliphatic hydroxyl groups excluding tert-OH is 1. The Morgan fingerprint density at radius 1 is 1.50 bits per heavy atom. The normalized spacial score (nSPS) is 25.7. The minimum absolute atomic E-state index is 0.152. The molecule has 0 amide bonds. The van der Waals surface area contributed by atoms with Crippen molar-refractivity contribution < 1.29 is 9.84 Å². The molecular weight excluding hydrogens is 204 g/mol. The second-order valence-electron chi connectivity index (χ2n) is 5.15. The van der Waals surface area contributed by atoms with Crippen LogP contribution < -0.4 is 5.32 Å². The van der Waals surface area contributed by atoms with Gasteiger partial charge in [-0.05, 0) is 40.3 Å². The molecule has 1 rings (SSSR count). The molecule has 1 aliphatic rings. The van der Waals surface area contributed by atoms with Crippen LogP contribution >= 0.6 is 0 Å². The number of rotatable bonds is 6. The van der Waals surface area contributed by atoms with E-state index in [-0.39, 0.29) is 12.1 Å². The molecule has 0 aromatic rings. The van der Waals surface area contributed by atoms with E-state index >= 15 is 0 Å². The molecule has 4 heteroatoms. The molecule has 0 aliphatic carbocycles. The van der Waals surface area contributed by atoms with Crippen molar-refractivity contribution in [3.63, 3.8) is 0 Å². The van der Waals surface area contributed by atoms with Gasteiger partial charge in [0.05, 0.1) is 18.2 Å². The number of hydrogen-bond donors (Lipinski definition) is 2.